The first-order valence-electron chi connectivity index (χ1n) is 7.09. The third-order valence-corrected chi connectivity index (χ3v) is 3.92. The molecule has 1 aliphatic rings. The Kier molecular flexibility index (Phi) is 5.32. The number of ether oxygens (including phenoxy) is 2. The first-order chi connectivity index (χ1) is 10.8. The highest BCUT2D eigenvalue weighted by Crippen LogP contribution is 2.36. The lowest BCUT2D eigenvalue weighted by Gasteiger charge is -2.17. The normalized spacial score (nSPS) is 21.7. The molecular formula is C14H19F2N3O4. The molecule has 7 nitrogen and oxygen atoms in total. The van der Waals surface area contributed by atoms with Crippen LogP contribution in [0.5, 0.6) is 11.5 Å². The Bertz CT molecular complexity index is 575. The third kappa shape index (κ3) is 4.05. The SMILES string of the molecule is COc1cc(CN2CC(C)C(N)C2)c([N+](=O)[O-])cc1OC(F)F. The van der Waals surface area contributed by atoms with Crippen molar-refractivity contribution in [1.29, 1.82) is 0 Å². The maximum atomic E-state index is 12.4. The van der Waals surface area contributed by atoms with Crippen LogP contribution in [0.1, 0.15) is 12.5 Å². The van der Waals surface area contributed by atoms with Gasteiger partial charge in [0, 0.05) is 31.2 Å². The van der Waals surface area contributed by atoms with E-state index < -0.39 is 11.5 Å². The Hall–Kier alpha value is -2.00. The van der Waals surface area contributed by atoms with Gasteiger partial charge in [-0.2, -0.15) is 8.78 Å². The fourth-order valence-corrected chi connectivity index (χ4v) is 2.70. The summed E-state index contributed by atoms with van der Waals surface area (Å²) in [5, 5.41) is 11.2. The summed E-state index contributed by atoms with van der Waals surface area (Å²) < 4.78 is 34.1. The van der Waals surface area contributed by atoms with Crippen molar-refractivity contribution in [2.75, 3.05) is 20.2 Å². The monoisotopic (exact) mass is 331 g/mol. The van der Waals surface area contributed by atoms with E-state index in [0.29, 0.717) is 18.7 Å². The first-order valence-corrected chi connectivity index (χ1v) is 7.09. The molecule has 2 atom stereocenters. The van der Waals surface area contributed by atoms with Crippen molar-refractivity contribution in [1.82, 2.24) is 4.90 Å². The zero-order valence-corrected chi connectivity index (χ0v) is 12.9. The summed E-state index contributed by atoms with van der Waals surface area (Å²) in [5.74, 6) is -0.0377. The van der Waals surface area contributed by atoms with E-state index in [1.54, 1.807) is 0 Å². The number of rotatable bonds is 6. The lowest BCUT2D eigenvalue weighted by atomic mass is 10.1. The highest BCUT2D eigenvalue weighted by atomic mass is 19.3. The molecule has 1 aromatic carbocycles. The largest absolute Gasteiger partial charge is 0.493 e. The Labute approximate surface area is 132 Å². The molecule has 23 heavy (non-hydrogen) atoms. The molecule has 1 saturated heterocycles. The number of hydrogen-bond donors (Lipinski definition) is 1. The maximum Gasteiger partial charge on any atom is 0.387 e. The predicted molar refractivity (Wildman–Crippen MR) is 78.7 cm³/mol. The van der Waals surface area contributed by atoms with Gasteiger partial charge in [-0.3, -0.25) is 15.0 Å². The molecule has 0 amide bonds. The van der Waals surface area contributed by atoms with Gasteiger partial charge in [0.25, 0.3) is 5.69 Å². The second-order valence-electron chi connectivity index (χ2n) is 5.60. The molecule has 9 heteroatoms. The maximum absolute atomic E-state index is 12.4. The number of halogens is 2. The van der Waals surface area contributed by atoms with Crippen molar-refractivity contribution in [3.8, 4) is 11.5 Å². The number of likely N-dealkylation sites (tertiary alicyclic amines) is 1. The zero-order valence-electron chi connectivity index (χ0n) is 12.9. The Balaban J connectivity index is 2.32. The van der Waals surface area contributed by atoms with Crippen LogP contribution >= 0.6 is 0 Å². The number of alkyl halides is 2. The van der Waals surface area contributed by atoms with E-state index in [4.69, 9.17) is 10.5 Å². The molecule has 0 spiro atoms. The van der Waals surface area contributed by atoms with Crippen LogP contribution in [-0.2, 0) is 6.54 Å². The van der Waals surface area contributed by atoms with Gasteiger partial charge >= 0.3 is 6.61 Å². The Morgan fingerprint density at radius 2 is 2.13 bits per heavy atom. The molecule has 1 aliphatic heterocycles. The van der Waals surface area contributed by atoms with Gasteiger partial charge in [0.1, 0.15) is 0 Å². The molecule has 0 radical (unpaired) electrons. The average molecular weight is 331 g/mol. The smallest absolute Gasteiger partial charge is 0.387 e. The number of nitro benzene ring substituents is 1. The number of nitro groups is 1. The summed E-state index contributed by atoms with van der Waals surface area (Å²) in [6.07, 6.45) is 0. The number of benzene rings is 1. The van der Waals surface area contributed by atoms with Crippen LogP contribution in [-0.4, -0.2) is 42.7 Å². The van der Waals surface area contributed by atoms with Crippen LogP contribution in [0.25, 0.3) is 0 Å². The fourth-order valence-electron chi connectivity index (χ4n) is 2.70. The summed E-state index contributed by atoms with van der Waals surface area (Å²) >= 11 is 0. The molecule has 1 heterocycles. The van der Waals surface area contributed by atoms with Gasteiger partial charge in [0.15, 0.2) is 11.5 Å². The second-order valence-corrected chi connectivity index (χ2v) is 5.60. The quantitative estimate of drug-likeness (QED) is 0.633. The van der Waals surface area contributed by atoms with E-state index in [0.717, 1.165) is 12.6 Å². The van der Waals surface area contributed by atoms with Gasteiger partial charge in [-0.25, -0.2) is 0 Å². The standard InChI is InChI=1S/C14H19F2N3O4/c1-8-5-18(7-10(8)17)6-9-3-12(22-2)13(23-14(15)16)4-11(9)19(20)21/h3-4,8,10,14H,5-7,17H2,1-2H3. The van der Waals surface area contributed by atoms with Crippen molar-refractivity contribution in [2.24, 2.45) is 11.7 Å². The Morgan fingerprint density at radius 3 is 2.61 bits per heavy atom. The predicted octanol–water partition coefficient (Wildman–Crippen LogP) is 1.98. The fraction of sp³-hybridized carbons (Fsp3) is 0.571. The number of methoxy groups -OCH3 is 1. The van der Waals surface area contributed by atoms with Gasteiger partial charge < -0.3 is 15.2 Å². The summed E-state index contributed by atoms with van der Waals surface area (Å²) in [6.45, 7) is 0.553. The number of nitrogens with zero attached hydrogens (tertiary/aromatic N) is 2. The zero-order chi connectivity index (χ0) is 17.1. The van der Waals surface area contributed by atoms with Gasteiger partial charge in [0.05, 0.1) is 18.1 Å². The molecule has 0 saturated carbocycles. The van der Waals surface area contributed by atoms with Gasteiger partial charge in [-0.15, -0.1) is 0 Å². The third-order valence-electron chi connectivity index (χ3n) is 3.92. The number of nitrogens with two attached hydrogens (primary N) is 1. The van der Waals surface area contributed by atoms with Crippen molar-refractivity contribution >= 4 is 5.69 Å². The molecule has 2 rings (SSSR count). The molecule has 1 aromatic rings. The van der Waals surface area contributed by atoms with Crippen molar-refractivity contribution in [3.05, 3.63) is 27.8 Å². The van der Waals surface area contributed by atoms with Crippen LogP contribution < -0.4 is 15.2 Å². The van der Waals surface area contributed by atoms with Crippen molar-refractivity contribution < 1.29 is 23.2 Å². The molecule has 2 unspecified atom stereocenters. The molecule has 0 aromatic heterocycles. The van der Waals surface area contributed by atoms with Crippen molar-refractivity contribution in [3.63, 3.8) is 0 Å². The summed E-state index contributed by atoms with van der Waals surface area (Å²) in [7, 11) is 1.29. The van der Waals surface area contributed by atoms with E-state index in [-0.39, 0.29) is 29.1 Å². The molecular weight excluding hydrogens is 312 g/mol. The first kappa shape index (κ1) is 17.4. The average Bonchev–Trinajstić information content (AvgIpc) is 2.77. The summed E-state index contributed by atoms with van der Waals surface area (Å²) in [5.41, 5.74) is 6.04. The van der Waals surface area contributed by atoms with Crippen LogP contribution in [0.2, 0.25) is 0 Å². The minimum Gasteiger partial charge on any atom is -0.493 e. The summed E-state index contributed by atoms with van der Waals surface area (Å²) in [6, 6.07) is 2.35. The molecule has 0 bridgehead atoms. The summed E-state index contributed by atoms with van der Waals surface area (Å²) in [4.78, 5) is 12.6. The minimum absolute atomic E-state index is 0.0115. The Morgan fingerprint density at radius 1 is 1.43 bits per heavy atom. The van der Waals surface area contributed by atoms with Crippen LogP contribution in [0.4, 0.5) is 14.5 Å². The molecule has 0 aliphatic carbocycles. The van der Waals surface area contributed by atoms with E-state index in [1.807, 2.05) is 11.8 Å². The van der Waals surface area contributed by atoms with E-state index in [9.17, 15) is 18.9 Å². The van der Waals surface area contributed by atoms with Crippen molar-refractivity contribution in [2.45, 2.75) is 26.1 Å². The molecule has 128 valence electrons. The van der Waals surface area contributed by atoms with Crippen LogP contribution in [0, 0.1) is 16.0 Å². The minimum atomic E-state index is -3.09. The van der Waals surface area contributed by atoms with Gasteiger partial charge in [-0.1, -0.05) is 6.92 Å². The highest BCUT2D eigenvalue weighted by Gasteiger charge is 2.29. The van der Waals surface area contributed by atoms with E-state index >= 15 is 0 Å². The highest BCUT2D eigenvalue weighted by molar-refractivity contribution is 5.54. The van der Waals surface area contributed by atoms with Crippen LogP contribution in [0.3, 0.4) is 0 Å². The second kappa shape index (κ2) is 7.05. The number of hydrogen-bond acceptors (Lipinski definition) is 6. The lowest BCUT2D eigenvalue weighted by Crippen LogP contribution is -2.28. The molecule has 2 N–H and O–H groups in total. The van der Waals surface area contributed by atoms with E-state index in [1.165, 1.54) is 13.2 Å². The van der Waals surface area contributed by atoms with E-state index in [2.05, 4.69) is 4.74 Å². The van der Waals surface area contributed by atoms with Gasteiger partial charge in [-0.05, 0) is 12.0 Å². The topological polar surface area (TPSA) is 90.9 Å². The van der Waals surface area contributed by atoms with Crippen LogP contribution in [0.15, 0.2) is 12.1 Å². The molecule has 1 fully saturated rings. The van der Waals surface area contributed by atoms with Gasteiger partial charge in [0.2, 0.25) is 0 Å². The lowest BCUT2D eigenvalue weighted by molar-refractivity contribution is -0.385.